The summed E-state index contributed by atoms with van der Waals surface area (Å²) in [4.78, 5) is 22.0. The molecule has 1 saturated heterocycles. The molecule has 1 fully saturated rings. The largest absolute Gasteiger partial charge is 0.480 e. The van der Waals surface area contributed by atoms with Gasteiger partial charge in [-0.05, 0) is 0 Å². The number of carboxylic acid groups (broad SMARTS) is 2. The lowest BCUT2D eigenvalue weighted by atomic mass is 10.2. The zero-order chi connectivity index (χ0) is 9.14. The third kappa shape index (κ3) is 1.85. The molecule has 12 heavy (non-hydrogen) atoms. The highest BCUT2D eigenvalue weighted by Crippen LogP contribution is 1.99. The Morgan fingerprint density at radius 2 is 2.08 bits per heavy atom. The molecule has 1 rings (SSSR count). The van der Waals surface area contributed by atoms with E-state index in [0.717, 1.165) is 4.90 Å². The fraction of sp³-hybridized carbons (Fsp3) is 0.667. The first-order chi connectivity index (χ1) is 5.61. The topological polar surface area (TPSA) is 89.9 Å². The van der Waals surface area contributed by atoms with E-state index in [2.05, 4.69) is 5.32 Å². The summed E-state index contributed by atoms with van der Waals surface area (Å²) in [5.41, 5.74) is 0. The predicted molar refractivity (Wildman–Crippen MR) is 39.0 cm³/mol. The molecule has 0 radical (unpaired) electrons. The zero-order valence-corrected chi connectivity index (χ0v) is 6.36. The molecule has 1 aliphatic heterocycles. The number of hydrogen-bond donors (Lipinski definition) is 3. The molecular weight excluding hydrogens is 164 g/mol. The lowest BCUT2D eigenvalue weighted by Gasteiger charge is -2.29. The molecular formula is C6H10N2O4. The van der Waals surface area contributed by atoms with Gasteiger partial charge in [0.2, 0.25) is 0 Å². The normalized spacial score (nSPS) is 23.7. The van der Waals surface area contributed by atoms with Crippen LogP contribution in [0.15, 0.2) is 0 Å². The van der Waals surface area contributed by atoms with Crippen LogP contribution in [0.25, 0.3) is 0 Å². The van der Waals surface area contributed by atoms with E-state index in [1.165, 1.54) is 0 Å². The van der Waals surface area contributed by atoms with E-state index in [-0.39, 0.29) is 6.54 Å². The molecule has 68 valence electrons. The van der Waals surface area contributed by atoms with Crippen molar-refractivity contribution in [3.63, 3.8) is 0 Å². The van der Waals surface area contributed by atoms with Gasteiger partial charge in [0.05, 0.1) is 6.54 Å². The third-order valence-corrected chi connectivity index (χ3v) is 1.74. The van der Waals surface area contributed by atoms with Crippen LogP contribution in [-0.4, -0.2) is 52.9 Å². The van der Waals surface area contributed by atoms with Crippen LogP contribution in [-0.2, 0) is 4.79 Å². The van der Waals surface area contributed by atoms with E-state index in [0.29, 0.717) is 13.1 Å². The molecule has 0 bridgehead atoms. The Morgan fingerprint density at radius 1 is 1.42 bits per heavy atom. The summed E-state index contributed by atoms with van der Waals surface area (Å²) in [6.45, 7) is 0.757. The second-order valence-corrected chi connectivity index (χ2v) is 2.57. The van der Waals surface area contributed by atoms with Gasteiger partial charge in [0.1, 0.15) is 6.04 Å². The van der Waals surface area contributed by atoms with Crippen LogP contribution in [0, 0.1) is 0 Å². The molecule has 1 amide bonds. The summed E-state index contributed by atoms with van der Waals surface area (Å²) in [6, 6.07) is -0.769. The monoisotopic (exact) mass is 174 g/mol. The van der Waals surface area contributed by atoms with Crippen LogP contribution in [0.2, 0.25) is 0 Å². The number of hydrogen-bond acceptors (Lipinski definition) is 3. The van der Waals surface area contributed by atoms with E-state index in [9.17, 15) is 9.59 Å². The fourth-order valence-electron chi connectivity index (χ4n) is 1.09. The quantitative estimate of drug-likeness (QED) is 0.475. The van der Waals surface area contributed by atoms with Gasteiger partial charge in [-0.1, -0.05) is 0 Å². The molecule has 0 aliphatic carbocycles. The molecule has 6 heteroatoms. The maximum absolute atomic E-state index is 10.4. The van der Waals surface area contributed by atoms with Crippen molar-refractivity contribution in [3.8, 4) is 0 Å². The first kappa shape index (κ1) is 8.79. The van der Waals surface area contributed by atoms with Gasteiger partial charge in [-0.15, -0.1) is 0 Å². The Labute approximate surface area is 68.8 Å². The van der Waals surface area contributed by atoms with E-state index < -0.39 is 18.1 Å². The van der Waals surface area contributed by atoms with Crippen molar-refractivity contribution in [2.45, 2.75) is 6.04 Å². The molecule has 0 aromatic heterocycles. The lowest BCUT2D eigenvalue weighted by molar-refractivity contribution is -0.140. The van der Waals surface area contributed by atoms with Crippen molar-refractivity contribution in [3.05, 3.63) is 0 Å². The van der Waals surface area contributed by atoms with Gasteiger partial charge in [-0.2, -0.15) is 0 Å². The molecule has 0 saturated carbocycles. The molecule has 1 heterocycles. The number of rotatable bonds is 1. The van der Waals surface area contributed by atoms with Gasteiger partial charge < -0.3 is 20.4 Å². The first-order valence-corrected chi connectivity index (χ1v) is 3.55. The average Bonchev–Trinajstić information content (AvgIpc) is 2.04. The fourth-order valence-corrected chi connectivity index (χ4v) is 1.09. The highest BCUT2D eigenvalue weighted by Gasteiger charge is 2.26. The van der Waals surface area contributed by atoms with Crippen molar-refractivity contribution >= 4 is 12.1 Å². The van der Waals surface area contributed by atoms with Crippen LogP contribution in [0.3, 0.4) is 0 Å². The molecule has 1 aliphatic rings. The van der Waals surface area contributed by atoms with Gasteiger partial charge in [-0.25, -0.2) is 4.79 Å². The predicted octanol–water partition coefficient (Wildman–Crippen LogP) is -0.977. The minimum absolute atomic E-state index is 0.0185. The van der Waals surface area contributed by atoms with Crippen LogP contribution >= 0.6 is 0 Å². The van der Waals surface area contributed by atoms with Crippen molar-refractivity contribution in [1.82, 2.24) is 10.2 Å². The average molecular weight is 174 g/mol. The third-order valence-electron chi connectivity index (χ3n) is 1.74. The van der Waals surface area contributed by atoms with Crippen molar-refractivity contribution in [1.29, 1.82) is 0 Å². The van der Waals surface area contributed by atoms with E-state index in [4.69, 9.17) is 10.2 Å². The summed E-state index contributed by atoms with van der Waals surface area (Å²) in [7, 11) is 0. The molecule has 0 spiro atoms. The molecule has 0 unspecified atom stereocenters. The Hall–Kier alpha value is -1.30. The van der Waals surface area contributed by atoms with Gasteiger partial charge >= 0.3 is 12.1 Å². The second-order valence-electron chi connectivity index (χ2n) is 2.57. The molecule has 0 aromatic rings. The highest BCUT2D eigenvalue weighted by atomic mass is 16.4. The summed E-state index contributed by atoms with van der Waals surface area (Å²) in [5, 5.41) is 19.8. The molecule has 1 atom stereocenters. The maximum Gasteiger partial charge on any atom is 0.407 e. The van der Waals surface area contributed by atoms with Crippen molar-refractivity contribution < 1.29 is 19.8 Å². The Kier molecular flexibility index (Phi) is 2.49. The summed E-state index contributed by atoms with van der Waals surface area (Å²) in [5.74, 6) is -1.01. The van der Waals surface area contributed by atoms with Gasteiger partial charge in [0.25, 0.3) is 0 Å². The Balaban J connectivity index is 2.51. The van der Waals surface area contributed by atoms with Crippen LogP contribution in [0.1, 0.15) is 0 Å². The summed E-state index contributed by atoms with van der Waals surface area (Å²) >= 11 is 0. The minimum Gasteiger partial charge on any atom is -0.480 e. The van der Waals surface area contributed by atoms with Gasteiger partial charge in [-0.3, -0.25) is 4.79 Å². The molecule has 6 nitrogen and oxygen atoms in total. The molecule has 3 N–H and O–H groups in total. The van der Waals surface area contributed by atoms with Crippen LogP contribution in [0.5, 0.6) is 0 Å². The van der Waals surface area contributed by atoms with Crippen LogP contribution < -0.4 is 5.32 Å². The van der Waals surface area contributed by atoms with Crippen LogP contribution in [0.4, 0.5) is 4.79 Å². The lowest BCUT2D eigenvalue weighted by Crippen LogP contribution is -2.55. The SMILES string of the molecule is O=C(O)[C@@H]1CN(C(=O)O)CCN1. The molecule has 0 aromatic carbocycles. The smallest absolute Gasteiger partial charge is 0.407 e. The van der Waals surface area contributed by atoms with Gasteiger partial charge in [0.15, 0.2) is 0 Å². The number of nitrogens with one attached hydrogen (secondary N) is 1. The summed E-state index contributed by atoms with van der Waals surface area (Å²) in [6.07, 6.45) is -1.07. The Bertz CT molecular complexity index is 186. The van der Waals surface area contributed by atoms with E-state index in [1.807, 2.05) is 0 Å². The standard InChI is InChI=1S/C6H10N2O4/c9-5(10)4-3-8(6(11)12)2-1-7-4/h4,7H,1-3H2,(H,9,10)(H,11,12)/t4-/m0/s1. The van der Waals surface area contributed by atoms with Gasteiger partial charge in [0, 0.05) is 13.1 Å². The van der Waals surface area contributed by atoms with Crippen molar-refractivity contribution in [2.24, 2.45) is 0 Å². The zero-order valence-electron chi connectivity index (χ0n) is 6.36. The number of piperazine rings is 1. The van der Waals surface area contributed by atoms with Crippen molar-refractivity contribution in [2.75, 3.05) is 19.6 Å². The number of nitrogens with zero attached hydrogens (tertiary/aromatic N) is 1. The minimum atomic E-state index is -1.07. The Morgan fingerprint density at radius 3 is 2.58 bits per heavy atom. The maximum atomic E-state index is 10.4. The van der Waals surface area contributed by atoms with E-state index in [1.54, 1.807) is 0 Å². The number of amides is 1. The van der Waals surface area contributed by atoms with E-state index >= 15 is 0 Å². The highest BCUT2D eigenvalue weighted by molar-refractivity contribution is 5.75. The summed E-state index contributed by atoms with van der Waals surface area (Å²) < 4.78 is 0. The second kappa shape index (κ2) is 3.40. The number of carboxylic acids is 1. The first-order valence-electron chi connectivity index (χ1n) is 3.55. The number of carbonyl (C=O) groups is 2. The number of aliphatic carboxylic acids is 1.